The van der Waals surface area contributed by atoms with Gasteiger partial charge in [0.25, 0.3) is 5.78 Å². The molecule has 6 rings (SSSR count). The van der Waals surface area contributed by atoms with E-state index in [1.807, 2.05) is 38.1 Å². The van der Waals surface area contributed by atoms with Gasteiger partial charge in [0.2, 0.25) is 5.13 Å². The topological polar surface area (TPSA) is 120 Å². The zero-order valence-electron chi connectivity index (χ0n) is 24.3. The number of rotatable bonds is 10. The molecule has 4 aromatic rings. The number of amides is 1. The first kappa shape index (κ1) is 30.8. The van der Waals surface area contributed by atoms with Crippen molar-refractivity contribution >= 4 is 57.3 Å². The van der Waals surface area contributed by atoms with Crippen LogP contribution in [0.2, 0.25) is 5.02 Å². The molecule has 13 heteroatoms. The van der Waals surface area contributed by atoms with Gasteiger partial charge < -0.3 is 24.1 Å². The van der Waals surface area contributed by atoms with Gasteiger partial charge in [0.15, 0.2) is 27.3 Å². The molecule has 1 atom stereocenters. The summed E-state index contributed by atoms with van der Waals surface area (Å²) in [6.07, 6.45) is 0. The molecule has 10 nitrogen and oxygen atoms in total. The van der Waals surface area contributed by atoms with E-state index < -0.39 is 17.7 Å². The van der Waals surface area contributed by atoms with Crippen LogP contribution in [0, 0.1) is 0 Å². The second-order valence-electron chi connectivity index (χ2n) is 9.83. The molecule has 0 radical (unpaired) electrons. The van der Waals surface area contributed by atoms with Crippen LogP contribution in [0.5, 0.6) is 23.0 Å². The first-order valence-corrected chi connectivity index (χ1v) is 16.4. The molecule has 1 N–H and O–H groups in total. The van der Waals surface area contributed by atoms with Gasteiger partial charge in [0.05, 0.1) is 24.8 Å². The van der Waals surface area contributed by atoms with Crippen molar-refractivity contribution < 1.29 is 33.6 Å². The molecular weight excluding hydrogens is 638 g/mol. The number of ether oxygens (including phenoxy) is 4. The minimum absolute atomic E-state index is 0.108. The van der Waals surface area contributed by atoms with E-state index in [2.05, 4.69) is 10.2 Å². The average Bonchev–Trinajstić information content (AvgIpc) is 3.62. The van der Waals surface area contributed by atoms with Crippen LogP contribution in [-0.4, -0.2) is 53.4 Å². The van der Waals surface area contributed by atoms with Crippen LogP contribution >= 0.6 is 34.7 Å². The molecule has 45 heavy (non-hydrogen) atoms. The molecule has 232 valence electrons. The summed E-state index contributed by atoms with van der Waals surface area (Å²) >= 11 is 8.90. The van der Waals surface area contributed by atoms with E-state index in [1.54, 1.807) is 36.4 Å². The Balaban J connectivity index is 1.43. The molecule has 3 aromatic carbocycles. The summed E-state index contributed by atoms with van der Waals surface area (Å²) < 4.78 is 23.5. The van der Waals surface area contributed by atoms with Crippen molar-refractivity contribution in [3.8, 4) is 23.0 Å². The Labute approximate surface area is 272 Å². The summed E-state index contributed by atoms with van der Waals surface area (Å²) in [5, 5.41) is 21.1. The van der Waals surface area contributed by atoms with Crippen LogP contribution in [0.1, 0.15) is 36.6 Å². The molecular formula is C32H28ClN3O7S2. The number of Topliss-reactive ketones (excluding diaryl/α,β-unsaturated/α-hetero) is 1. The first-order valence-electron chi connectivity index (χ1n) is 14.2. The Morgan fingerprint density at radius 1 is 1.00 bits per heavy atom. The van der Waals surface area contributed by atoms with E-state index in [4.69, 9.17) is 30.5 Å². The molecule has 3 heterocycles. The molecule has 0 bridgehead atoms. The van der Waals surface area contributed by atoms with E-state index in [0.29, 0.717) is 75.7 Å². The van der Waals surface area contributed by atoms with Crippen LogP contribution in [0.15, 0.2) is 70.6 Å². The van der Waals surface area contributed by atoms with Crippen molar-refractivity contribution in [3.63, 3.8) is 0 Å². The number of hydrogen-bond acceptors (Lipinski definition) is 11. The molecule has 1 fully saturated rings. The number of hydrogen-bond donors (Lipinski definition) is 1. The van der Waals surface area contributed by atoms with Crippen LogP contribution in [0.25, 0.3) is 5.76 Å². The summed E-state index contributed by atoms with van der Waals surface area (Å²) in [5.74, 6) is 0.388. The van der Waals surface area contributed by atoms with Gasteiger partial charge in [-0.3, -0.25) is 14.5 Å². The second kappa shape index (κ2) is 13.4. The van der Waals surface area contributed by atoms with Crippen molar-refractivity contribution in [1.29, 1.82) is 0 Å². The highest BCUT2D eigenvalue weighted by atomic mass is 35.5. The molecule has 2 aliphatic rings. The predicted octanol–water partition coefficient (Wildman–Crippen LogP) is 6.68. The fraction of sp³-hybridized carbons (Fsp3) is 0.250. The highest BCUT2D eigenvalue weighted by Crippen LogP contribution is 2.46. The number of carbonyl (C=O) groups is 2. The largest absolute Gasteiger partial charge is 0.507 e. The SMILES string of the molecule is CCOc1ccc(C2C(=C(O)c3ccc4c(c3)OCCO4)C(=O)C(=O)N2c2nnc(SCc3ccccc3Cl)s2)cc1OCC. The molecule has 0 aliphatic carbocycles. The quantitative estimate of drug-likeness (QED) is 0.0646. The number of nitrogens with zero attached hydrogens (tertiary/aromatic N) is 3. The van der Waals surface area contributed by atoms with E-state index in [9.17, 15) is 14.7 Å². The summed E-state index contributed by atoms with van der Waals surface area (Å²) in [6, 6.07) is 16.5. The van der Waals surface area contributed by atoms with Crippen LogP contribution in [-0.2, 0) is 15.3 Å². The van der Waals surface area contributed by atoms with Crippen LogP contribution < -0.4 is 23.8 Å². The fourth-order valence-electron chi connectivity index (χ4n) is 5.04. The molecule has 0 spiro atoms. The molecule has 1 unspecified atom stereocenters. The highest BCUT2D eigenvalue weighted by Gasteiger charge is 2.48. The lowest BCUT2D eigenvalue weighted by Gasteiger charge is -2.24. The maximum absolute atomic E-state index is 13.7. The maximum Gasteiger partial charge on any atom is 0.301 e. The average molecular weight is 666 g/mol. The van der Waals surface area contributed by atoms with Gasteiger partial charge in [-0.25, -0.2) is 0 Å². The molecule has 2 aliphatic heterocycles. The summed E-state index contributed by atoms with van der Waals surface area (Å²) in [7, 11) is 0. The van der Waals surface area contributed by atoms with Crippen molar-refractivity contribution in [3.05, 3.63) is 87.9 Å². The number of fused-ring (bicyclic) bond motifs is 1. The Kier molecular flexibility index (Phi) is 9.15. The second-order valence-corrected chi connectivity index (χ2v) is 12.4. The minimum Gasteiger partial charge on any atom is -0.507 e. The number of aliphatic hydroxyl groups is 1. The Bertz CT molecular complexity index is 1790. The highest BCUT2D eigenvalue weighted by molar-refractivity contribution is 8.00. The van der Waals surface area contributed by atoms with E-state index in [0.717, 1.165) is 5.56 Å². The van der Waals surface area contributed by atoms with Gasteiger partial charge >= 0.3 is 5.91 Å². The number of aliphatic hydroxyl groups excluding tert-OH is 1. The van der Waals surface area contributed by atoms with E-state index >= 15 is 0 Å². The third kappa shape index (κ3) is 6.18. The van der Waals surface area contributed by atoms with E-state index in [-0.39, 0.29) is 16.5 Å². The van der Waals surface area contributed by atoms with Gasteiger partial charge in [0, 0.05) is 16.3 Å². The fourth-order valence-corrected chi connectivity index (χ4v) is 7.20. The number of anilines is 1. The lowest BCUT2D eigenvalue weighted by atomic mass is 9.95. The Morgan fingerprint density at radius 3 is 2.53 bits per heavy atom. The number of aromatic nitrogens is 2. The standard InChI is InChI=1S/C32H28ClN3O7S2/c1-3-40-22-11-9-18(15-24(22)41-4-2)27-26(28(37)19-10-12-23-25(16-19)43-14-13-42-23)29(38)30(39)36(27)31-34-35-32(45-31)44-17-20-7-5-6-8-21(20)33/h5-12,15-16,27,37H,3-4,13-14,17H2,1-2H3. The summed E-state index contributed by atoms with van der Waals surface area (Å²) in [6.45, 7) is 5.25. The monoisotopic (exact) mass is 665 g/mol. The lowest BCUT2D eigenvalue weighted by Crippen LogP contribution is -2.29. The maximum atomic E-state index is 13.7. The number of carbonyl (C=O) groups excluding carboxylic acids is 2. The molecule has 1 amide bonds. The molecule has 0 saturated carbocycles. The van der Waals surface area contributed by atoms with Crippen LogP contribution in [0.3, 0.4) is 0 Å². The first-order chi connectivity index (χ1) is 21.9. The Hall–Kier alpha value is -4.26. The zero-order valence-corrected chi connectivity index (χ0v) is 26.7. The number of ketones is 1. The van der Waals surface area contributed by atoms with Crippen molar-refractivity contribution in [2.45, 2.75) is 30.0 Å². The van der Waals surface area contributed by atoms with Crippen molar-refractivity contribution in [2.75, 3.05) is 31.3 Å². The molecule has 1 aromatic heterocycles. The van der Waals surface area contributed by atoms with Gasteiger partial charge in [-0.15, -0.1) is 10.2 Å². The lowest BCUT2D eigenvalue weighted by molar-refractivity contribution is -0.132. The minimum atomic E-state index is -1.04. The van der Waals surface area contributed by atoms with Gasteiger partial charge in [-0.1, -0.05) is 59.0 Å². The van der Waals surface area contributed by atoms with Crippen LogP contribution in [0.4, 0.5) is 5.13 Å². The number of thioether (sulfide) groups is 1. The zero-order chi connectivity index (χ0) is 31.5. The van der Waals surface area contributed by atoms with E-state index in [1.165, 1.54) is 28.0 Å². The Morgan fingerprint density at radius 2 is 1.76 bits per heavy atom. The smallest absolute Gasteiger partial charge is 0.301 e. The summed E-state index contributed by atoms with van der Waals surface area (Å²) in [4.78, 5) is 28.7. The normalized spacial score (nSPS) is 17.0. The van der Waals surface area contributed by atoms with Gasteiger partial charge in [-0.05, 0) is 61.4 Å². The third-order valence-electron chi connectivity index (χ3n) is 7.05. The van der Waals surface area contributed by atoms with Crippen molar-refractivity contribution in [1.82, 2.24) is 10.2 Å². The van der Waals surface area contributed by atoms with Crippen molar-refractivity contribution in [2.24, 2.45) is 0 Å². The number of benzene rings is 3. The summed E-state index contributed by atoms with van der Waals surface area (Å²) in [5.41, 5.74) is 1.63. The van der Waals surface area contributed by atoms with Gasteiger partial charge in [0.1, 0.15) is 19.0 Å². The third-order valence-corrected chi connectivity index (χ3v) is 9.53. The molecule has 1 saturated heterocycles. The number of halogens is 1. The van der Waals surface area contributed by atoms with Gasteiger partial charge in [-0.2, -0.15) is 0 Å². The predicted molar refractivity (Wildman–Crippen MR) is 172 cm³/mol.